The summed E-state index contributed by atoms with van der Waals surface area (Å²) in [7, 11) is 0. The standard InChI is InChI=1S/C14H17N3O3/c1-10(8-9-19-12-6-4-3-5-7-12)14(18)15-13-11(2)16-20-17-13/h3-7,10H,8-9H2,1-2H3,(H,15,17,18)/t10-/m0/s1. The van der Waals surface area contributed by atoms with Gasteiger partial charge >= 0.3 is 0 Å². The monoisotopic (exact) mass is 275 g/mol. The Labute approximate surface area is 117 Å². The van der Waals surface area contributed by atoms with E-state index in [0.717, 1.165) is 5.75 Å². The number of carbonyl (C=O) groups is 1. The zero-order valence-electron chi connectivity index (χ0n) is 11.5. The lowest BCUT2D eigenvalue weighted by Gasteiger charge is -2.11. The first-order chi connectivity index (χ1) is 9.66. The van der Waals surface area contributed by atoms with Crippen LogP contribution in [0, 0.1) is 12.8 Å². The Kier molecular flexibility index (Phi) is 4.70. The minimum atomic E-state index is -0.185. The average Bonchev–Trinajstić information content (AvgIpc) is 2.85. The molecule has 0 unspecified atom stereocenters. The maximum Gasteiger partial charge on any atom is 0.228 e. The summed E-state index contributed by atoms with van der Waals surface area (Å²) in [4.78, 5) is 11.9. The van der Waals surface area contributed by atoms with Crippen LogP contribution < -0.4 is 10.1 Å². The van der Waals surface area contributed by atoms with E-state index in [1.165, 1.54) is 0 Å². The second-order valence-electron chi connectivity index (χ2n) is 4.54. The minimum Gasteiger partial charge on any atom is -0.494 e. The summed E-state index contributed by atoms with van der Waals surface area (Å²) in [6, 6.07) is 9.51. The van der Waals surface area contributed by atoms with E-state index in [0.29, 0.717) is 24.5 Å². The van der Waals surface area contributed by atoms with Crippen LogP contribution in [-0.2, 0) is 4.79 Å². The molecule has 0 aliphatic heterocycles. The molecule has 0 saturated carbocycles. The molecule has 1 heterocycles. The maximum atomic E-state index is 11.9. The number of anilines is 1. The van der Waals surface area contributed by atoms with Crippen LogP contribution in [0.25, 0.3) is 0 Å². The SMILES string of the molecule is Cc1nonc1NC(=O)[C@@H](C)CCOc1ccccc1. The van der Waals surface area contributed by atoms with E-state index in [1.54, 1.807) is 6.92 Å². The molecule has 0 spiro atoms. The van der Waals surface area contributed by atoms with Crippen LogP contribution in [0.1, 0.15) is 19.0 Å². The number of aryl methyl sites for hydroxylation is 1. The summed E-state index contributed by atoms with van der Waals surface area (Å²) < 4.78 is 10.1. The smallest absolute Gasteiger partial charge is 0.228 e. The van der Waals surface area contributed by atoms with Crippen LogP contribution in [0.5, 0.6) is 5.75 Å². The van der Waals surface area contributed by atoms with Gasteiger partial charge in [-0.1, -0.05) is 30.3 Å². The summed E-state index contributed by atoms with van der Waals surface area (Å²) in [5.74, 6) is 0.859. The van der Waals surface area contributed by atoms with Crippen molar-refractivity contribution in [3.8, 4) is 5.75 Å². The highest BCUT2D eigenvalue weighted by Gasteiger charge is 2.16. The first kappa shape index (κ1) is 14.0. The third-order valence-electron chi connectivity index (χ3n) is 2.90. The van der Waals surface area contributed by atoms with Gasteiger partial charge in [0, 0.05) is 5.92 Å². The number of hydrogen-bond acceptors (Lipinski definition) is 5. The van der Waals surface area contributed by atoms with Crippen LogP contribution in [0.4, 0.5) is 5.82 Å². The topological polar surface area (TPSA) is 77.3 Å². The van der Waals surface area contributed by atoms with Gasteiger partial charge in [-0.15, -0.1) is 0 Å². The predicted molar refractivity (Wildman–Crippen MR) is 73.4 cm³/mol. The molecule has 0 radical (unpaired) electrons. The zero-order valence-corrected chi connectivity index (χ0v) is 11.5. The molecule has 2 aromatic rings. The van der Waals surface area contributed by atoms with Crippen molar-refractivity contribution in [1.29, 1.82) is 0 Å². The fraction of sp³-hybridized carbons (Fsp3) is 0.357. The number of nitrogens with zero attached hydrogens (tertiary/aromatic N) is 2. The third kappa shape index (κ3) is 3.81. The van der Waals surface area contributed by atoms with Crippen molar-refractivity contribution in [2.75, 3.05) is 11.9 Å². The van der Waals surface area contributed by atoms with E-state index in [1.807, 2.05) is 37.3 Å². The van der Waals surface area contributed by atoms with Crippen molar-refractivity contribution in [3.05, 3.63) is 36.0 Å². The second-order valence-corrected chi connectivity index (χ2v) is 4.54. The molecule has 0 fully saturated rings. The van der Waals surface area contributed by atoms with Crippen molar-refractivity contribution >= 4 is 11.7 Å². The highest BCUT2D eigenvalue weighted by Crippen LogP contribution is 2.13. The molecule has 106 valence electrons. The summed E-state index contributed by atoms with van der Waals surface area (Å²) in [5.41, 5.74) is 0.561. The largest absolute Gasteiger partial charge is 0.494 e. The summed E-state index contributed by atoms with van der Waals surface area (Å²) in [5, 5.41) is 9.90. The lowest BCUT2D eigenvalue weighted by Crippen LogP contribution is -2.22. The maximum absolute atomic E-state index is 11.9. The van der Waals surface area contributed by atoms with Crippen LogP contribution >= 0.6 is 0 Å². The fourth-order valence-corrected chi connectivity index (χ4v) is 1.59. The van der Waals surface area contributed by atoms with Crippen molar-refractivity contribution in [2.45, 2.75) is 20.3 Å². The first-order valence-electron chi connectivity index (χ1n) is 6.44. The van der Waals surface area contributed by atoms with Gasteiger partial charge in [0.25, 0.3) is 0 Å². The molecule has 6 heteroatoms. The lowest BCUT2D eigenvalue weighted by atomic mass is 10.1. The Bertz CT molecular complexity index is 554. The normalized spacial score (nSPS) is 11.9. The highest BCUT2D eigenvalue weighted by molar-refractivity contribution is 5.91. The van der Waals surface area contributed by atoms with Crippen molar-refractivity contribution in [2.24, 2.45) is 5.92 Å². The van der Waals surface area contributed by atoms with Crippen molar-refractivity contribution in [1.82, 2.24) is 10.3 Å². The molecule has 0 aliphatic carbocycles. The number of carbonyl (C=O) groups excluding carboxylic acids is 1. The molecule has 0 saturated heterocycles. The molecule has 0 bridgehead atoms. The molecular formula is C14H17N3O3. The van der Waals surface area contributed by atoms with Crippen molar-refractivity contribution < 1.29 is 14.2 Å². The van der Waals surface area contributed by atoms with Gasteiger partial charge in [0.15, 0.2) is 5.82 Å². The molecule has 6 nitrogen and oxygen atoms in total. The van der Waals surface area contributed by atoms with Gasteiger partial charge in [-0.05, 0) is 30.6 Å². The summed E-state index contributed by atoms with van der Waals surface area (Å²) in [6.07, 6.45) is 0.616. The average molecular weight is 275 g/mol. The fourth-order valence-electron chi connectivity index (χ4n) is 1.59. The van der Waals surface area contributed by atoms with E-state index in [2.05, 4.69) is 20.3 Å². The Morgan fingerprint density at radius 2 is 2.10 bits per heavy atom. The van der Waals surface area contributed by atoms with Gasteiger partial charge < -0.3 is 10.1 Å². The van der Waals surface area contributed by atoms with Gasteiger partial charge in [0.2, 0.25) is 5.91 Å². The predicted octanol–water partition coefficient (Wildman–Crippen LogP) is 2.42. The van der Waals surface area contributed by atoms with Gasteiger partial charge in [0.1, 0.15) is 11.4 Å². The summed E-state index contributed by atoms with van der Waals surface area (Å²) in [6.45, 7) is 4.04. The number of rotatable bonds is 6. The number of hydrogen-bond donors (Lipinski definition) is 1. The Morgan fingerprint density at radius 3 is 2.75 bits per heavy atom. The van der Waals surface area contributed by atoms with Crippen LogP contribution in [-0.4, -0.2) is 22.8 Å². The molecular weight excluding hydrogens is 258 g/mol. The Balaban J connectivity index is 1.76. The van der Waals surface area contributed by atoms with Crippen molar-refractivity contribution in [3.63, 3.8) is 0 Å². The molecule has 0 aliphatic rings. The number of para-hydroxylation sites is 1. The number of aromatic nitrogens is 2. The number of amides is 1. The number of ether oxygens (including phenoxy) is 1. The van der Waals surface area contributed by atoms with Gasteiger partial charge in [0.05, 0.1) is 6.61 Å². The molecule has 2 rings (SSSR count). The molecule has 1 aromatic carbocycles. The van der Waals surface area contributed by atoms with E-state index in [9.17, 15) is 4.79 Å². The van der Waals surface area contributed by atoms with Crippen LogP contribution in [0.3, 0.4) is 0 Å². The van der Waals surface area contributed by atoms with E-state index >= 15 is 0 Å². The van der Waals surface area contributed by atoms with E-state index in [-0.39, 0.29) is 11.8 Å². The molecule has 1 N–H and O–H groups in total. The second kappa shape index (κ2) is 6.70. The Morgan fingerprint density at radius 1 is 1.35 bits per heavy atom. The zero-order chi connectivity index (χ0) is 14.4. The minimum absolute atomic E-state index is 0.125. The molecule has 1 atom stereocenters. The molecule has 1 amide bonds. The quantitative estimate of drug-likeness (QED) is 0.876. The lowest BCUT2D eigenvalue weighted by molar-refractivity contribution is -0.119. The summed E-state index contributed by atoms with van der Waals surface area (Å²) >= 11 is 0. The molecule has 20 heavy (non-hydrogen) atoms. The van der Waals surface area contributed by atoms with E-state index in [4.69, 9.17) is 4.74 Å². The first-order valence-corrected chi connectivity index (χ1v) is 6.44. The highest BCUT2D eigenvalue weighted by atomic mass is 16.6. The Hall–Kier alpha value is -2.37. The van der Waals surface area contributed by atoms with Gasteiger partial charge in [-0.2, -0.15) is 0 Å². The molecule has 1 aromatic heterocycles. The van der Waals surface area contributed by atoms with Crippen LogP contribution in [0.2, 0.25) is 0 Å². The number of benzene rings is 1. The van der Waals surface area contributed by atoms with Gasteiger partial charge in [-0.3, -0.25) is 4.79 Å². The number of nitrogens with one attached hydrogen (secondary N) is 1. The van der Waals surface area contributed by atoms with E-state index < -0.39 is 0 Å². The third-order valence-corrected chi connectivity index (χ3v) is 2.90. The van der Waals surface area contributed by atoms with Gasteiger partial charge in [-0.25, -0.2) is 4.63 Å². The van der Waals surface area contributed by atoms with Crippen LogP contribution in [0.15, 0.2) is 35.0 Å².